The van der Waals surface area contributed by atoms with Crippen LogP contribution in [0.25, 0.3) is 0 Å². The van der Waals surface area contributed by atoms with Crippen molar-refractivity contribution in [3.05, 3.63) is 39.4 Å². The molecule has 0 radical (unpaired) electrons. The molecule has 29 heavy (non-hydrogen) atoms. The molecule has 0 spiro atoms. The van der Waals surface area contributed by atoms with Gasteiger partial charge in [0.15, 0.2) is 0 Å². The van der Waals surface area contributed by atoms with Gasteiger partial charge in [-0.05, 0) is 85.0 Å². The number of nitrogens with zero attached hydrogens (tertiary/aromatic N) is 1. The van der Waals surface area contributed by atoms with E-state index in [1.165, 1.54) is 22.3 Å². The van der Waals surface area contributed by atoms with Gasteiger partial charge in [-0.3, -0.25) is 9.71 Å². The molecule has 2 atom stereocenters. The molecular weight excluding hydrogens is 387 g/mol. The summed E-state index contributed by atoms with van der Waals surface area (Å²) in [7, 11) is -1.25. The predicted molar refractivity (Wildman–Crippen MR) is 118 cm³/mol. The maximum atomic E-state index is 12.4. The average Bonchev–Trinajstić information content (AvgIpc) is 3.08. The third kappa shape index (κ3) is 4.79. The zero-order chi connectivity index (χ0) is 20.4. The Bertz CT molecular complexity index is 826. The molecular formula is C20H27BN4O3S. The van der Waals surface area contributed by atoms with Crippen LogP contribution in [0.1, 0.15) is 41.5 Å². The summed E-state index contributed by atoms with van der Waals surface area (Å²) in [5.41, 5.74) is 12.3. The Morgan fingerprint density at radius 3 is 2.55 bits per heavy atom. The maximum absolute atomic E-state index is 12.4. The van der Waals surface area contributed by atoms with Crippen molar-refractivity contribution in [3.63, 3.8) is 0 Å². The van der Waals surface area contributed by atoms with Crippen molar-refractivity contribution in [3.8, 4) is 0 Å². The van der Waals surface area contributed by atoms with E-state index in [9.17, 15) is 4.79 Å². The number of hydrogen-bond acceptors (Lipinski definition) is 6. The fraction of sp³-hybridized carbons (Fsp3) is 0.500. The number of amides is 2. The third-order valence-electron chi connectivity index (χ3n) is 6.02. The van der Waals surface area contributed by atoms with Crippen LogP contribution in [0, 0.1) is 5.92 Å². The smallest absolute Gasteiger partial charge is 0.427 e. The van der Waals surface area contributed by atoms with Crippen molar-refractivity contribution in [1.29, 1.82) is 0 Å². The van der Waals surface area contributed by atoms with Crippen LogP contribution >= 0.6 is 11.9 Å². The Balaban J connectivity index is 1.28. The van der Waals surface area contributed by atoms with Gasteiger partial charge in [0.1, 0.15) is 0 Å². The number of hydrogen-bond donors (Lipinski definition) is 5. The summed E-state index contributed by atoms with van der Waals surface area (Å²) >= 11 is 1.06. The molecule has 2 unspecified atom stereocenters. The fourth-order valence-electron chi connectivity index (χ4n) is 4.41. The van der Waals surface area contributed by atoms with E-state index in [1.807, 2.05) is 0 Å². The fourth-order valence-corrected chi connectivity index (χ4v) is 4.80. The monoisotopic (exact) mass is 414 g/mol. The van der Waals surface area contributed by atoms with E-state index in [2.05, 4.69) is 21.1 Å². The van der Waals surface area contributed by atoms with Crippen LogP contribution in [0.4, 0.5) is 10.5 Å². The quantitative estimate of drug-likeness (QED) is 0.266. The number of fused-ring (bicyclic) bond motifs is 2. The van der Waals surface area contributed by atoms with Gasteiger partial charge in [-0.1, -0.05) is 6.07 Å². The summed E-state index contributed by atoms with van der Waals surface area (Å²) < 4.78 is 2.74. The summed E-state index contributed by atoms with van der Waals surface area (Å²) in [5.74, 6) is 0.167. The molecule has 1 aromatic rings. The molecule has 0 aliphatic heterocycles. The summed E-state index contributed by atoms with van der Waals surface area (Å²) in [6.07, 6.45) is 10.6. The molecule has 3 aliphatic carbocycles. The number of nitrogens with one attached hydrogen (secondary N) is 2. The maximum Gasteiger partial charge on any atom is 0.455 e. The average molecular weight is 414 g/mol. The molecule has 7 nitrogen and oxygen atoms in total. The van der Waals surface area contributed by atoms with E-state index in [0.717, 1.165) is 62.6 Å². The Morgan fingerprint density at radius 1 is 1.24 bits per heavy atom. The molecule has 0 aromatic heterocycles. The predicted octanol–water partition coefficient (Wildman–Crippen LogP) is 2.17. The number of carbonyl (C=O) groups is 1. The van der Waals surface area contributed by atoms with Crippen molar-refractivity contribution in [2.75, 3.05) is 11.9 Å². The van der Waals surface area contributed by atoms with Crippen LogP contribution in [0.2, 0.25) is 5.82 Å². The first-order valence-corrected chi connectivity index (χ1v) is 11.1. The van der Waals surface area contributed by atoms with Gasteiger partial charge in [-0.2, -0.15) is 0 Å². The second-order valence-electron chi connectivity index (χ2n) is 8.05. The molecule has 2 amide bonds. The van der Waals surface area contributed by atoms with Crippen molar-refractivity contribution in [2.24, 2.45) is 16.6 Å². The first-order valence-electron chi connectivity index (χ1n) is 10.2. The third-order valence-corrected chi connectivity index (χ3v) is 6.68. The molecule has 1 fully saturated rings. The summed E-state index contributed by atoms with van der Waals surface area (Å²) in [5, 5.41) is 21.6. The summed E-state index contributed by atoms with van der Waals surface area (Å²) in [6.45, 7) is 0.550. The minimum atomic E-state index is -1.25. The number of nitrogens with two attached hydrogens (primary N) is 1. The van der Waals surface area contributed by atoms with E-state index < -0.39 is 7.12 Å². The van der Waals surface area contributed by atoms with Crippen molar-refractivity contribution >= 4 is 37.0 Å². The highest BCUT2D eigenvalue weighted by atomic mass is 32.2. The van der Waals surface area contributed by atoms with Gasteiger partial charge in [0, 0.05) is 30.4 Å². The number of rotatable bonds is 7. The molecule has 1 saturated carbocycles. The SMILES string of the molecule is N/C(=C\C=NCC1CC1B(O)O)SNC(=O)Nc1c2c(cc3c1CCC3)CCC2. The number of benzene rings is 1. The molecule has 0 saturated heterocycles. The molecule has 154 valence electrons. The lowest BCUT2D eigenvalue weighted by atomic mass is 9.82. The Hall–Kier alpha value is -1.97. The standard InChI is InChI=1S/C20H27BN4O3S/c22-18(7-8-23-11-14-10-17(14)21(27)28)29-25-20(26)24-19-15-5-1-3-12(15)9-13-4-2-6-16(13)19/h7-9,14,17,27-28H,1-6,10-11,22H2,(H2,24,25,26)/b18-7+,23-8?. The molecule has 0 heterocycles. The summed E-state index contributed by atoms with van der Waals surface area (Å²) in [6, 6.07) is 2.07. The van der Waals surface area contributed by atoms with E-state index >= 15 is 0 Å². The molecule has 1 aromatic carbocycles. The van der Waals surface area contributed by atoms with Crippen molar-refractivity contribution in [2.45, 2.75) is 50.8 Å². The van der Waals surface area contributed by atoms with E-state index in [1.54, 1.807) is 12.3 Å². The van der Waals surface area contributed by atoms with E-state index in [0.29, 0.717) is 11.6 Å². The number of anilines is 1. The van der Waals surface area contributed by atoms with Gasteiger partial charge in [0.2, 0.25) is 0 Å². The molecule has 0 bridgehead atoms. The Morgan fingerprint density at radius 2 is 1.93 bits per heavy atom. The van der Waals surface area contributed by atoms with Gasteiger partial charge in [-0.15, -0.1) is 0 Å². The van der Waals surface area contributed by atoms with Gasteiger partial charge < -0.3 is 21.1 Å². The zero-order valence-electron chi connectivity index (χ0n) is 16.4. The van der Waals surface area contributed by atoms with Crippen LogP contribution in [0.5, 0.6) is 0 Å². The van der Waals surface area contributed by atoms with E-state index in [-0.39, 0.29) is 17.8 Å². The second-order valence-corrected chi connectivity index (χ2v) is 8.93. The largest absolute Gasteiger partial charge is 0.455 e. The minimum absolute atomic E-state index is 0.0610. The molecule has 3 aliphatic rings. The van der Waals surface area contributed by atoms with Gasteiger partial charge >= 0.3 is 13.1 Å². The van der Waals surface area contributed by atoms with Crippen molar-refractivity contribution < 1.29 is 14.8 Å². The van der Waals surface area contributed by atoms with Crippen molar-refractivity contribution in [1.82, 2.24) is 4.72 Å². The minimum Gasteiger partial charge on any atom is -0.427 e. The number of allylic oxidation sites excluding steroid dienone is 1. The molecule has 9 heteroatoms. The molecule has 4 rings (SSSR count). The zero-order valence-corrected chi connectivity index (χ0v) is 17.2. The summed E-state index contributed by atoms with van der Waals surface area (Å²) in [4.78, 5) is 16.7. The van der Waals surface area contributed by atoms with Gasteiger partial charge in [0.05, 0.1) is 5.03 Å². The topological polar surface area (TPSA) is 120 Å². The molecule has 6 N–H and O–H groups in total. The lowest BCUT2D eigenvalue weighted by molar-refractivity contribution is 0.257. The number of urea groups is 1. The lowest BCUT2D eigenvalue weighted by Gasteiger charge is -2.16. The highest BCUT2D eigenvalue weighted by Gasteiger charge is 2.44. The first-order chi connectivity index (χ1) is 14.0. The van der Waals surface area contributed by atoms with E-state index in [4.69, 9.17) is 15.8 Å². The number of aryl methyl sites for hydroxylation is 2. The Kier molecular flexibility index (Phi) is 6.17. The second kappa shape index (κ2) is 8.81. The Labute approximate surface area is 175 Å². The lowest BCUT2D eigenvalue weighted by Crippen LogP contribution is -2.25. The number of aliphatic imine (C=N–C) groups is 1. The van der Waals surface area contributed by atoms with Gasteiger partial charge in [-0.25, -0.2) is 4.79 Å². The van der Waals surface area contributed by atoms with Gasteiger partial charge in [0.25, 0.3) is 0 Å². The normalized spacial score (nSPS) is 22.5. The van der Waals surface area contributed by atoms with Crippen LogP contribution < -0.4 is 15.8 Å². The van der Waals surface area contributed by atoms with Crippen LogP contribution in [-0.4, -0.2) is 36.0 Å². The van der Waals surface area contributed by atoms with Crippen LogP contribution in [0.3, 0.4) is 0 Å². The van der Waals surface area contributed by atoms with Crippen LogP contribution in [0.15, 0.2) is 22.2 Å². The first kappa shape index (κ1) is 20.3. The highest BCUT2D eigenvalue weighted by Crippen LogP contribution is 2.45. The number of carbonyl (C=O) groups excluding carboxylic acids is 1. The highest BCUT2D eigenvalue weighted by molar-refractivity contribution is 8.01. The van der Waals surface area contributed by atoms with Crippen LogP contribution in [-0.2, 0) is 25.7 Å².